The smallest absolute Gasteiger partial charge is 0.277 e. The minimum atomic E-state index is -0.723. The van der Waals surface area contributed by atoms with Crippen LogP contribution in [0.15, 0.2) is 29.2 Å². The molecule has 0 bridgehead atoms. The van der Waals surface area contributed by atoms with Gasteiger partial charge in [-0.1, -0.05) is 17.4 Å². The number of halogens is 2. The highest BCUT2D eigenvalue weighted by Gasteiger charge is 2.43. The quantitative estimate of drug-likeness (QED) is 0.647. The Morgan fingerprint density at radius 2 is 2.00 bits per heavy atom. The lowest BCUT2D eigenvalue weighted by molar-refractivity contribution is 0.0651. The van der Waals surface area contributed by atoms with Gasteiger partial charge >= 0.3 is 0 Å². The van der Waals surface area contributed by atoms with E-state index in [4.69, 9.17) is 0 Å². The Morgan fingerprint density at radius 3 is 2.75 bits per heavy atom. The van der Waals surface area contributed by atoms with Gasteiger partial charge in [-0.25, -0.2) is 8.78 Å². The SMILES string of the molecule is C[C@@H]1CC[C@H]2N(C)C(=O)c3c(O)c(=O)c(-c4nnc(Cc5ccc(F)cc5F)s4)cn3N12. The number of benzene rings is 1. The van der Waals surface area contributed by atoms with Crippen LogP contribution in [0.1, 0.15) is 40.8 Å². The predicted molar refractivity (Wildman–Crippen MR) is 113 cm³/mol. The van der Waals surface area contributed by atoms with Crippen molar-refractivity contribution in [3.05, 3.63) is 62.5 Å². The molecule has 1 fully saturated rings. The second-order valence-corrected chi connectivity index (χ2v) is 9.09. The number of pyridine rings is 1. The first-order valence-electron chi connectivity index (χ1n) is 10.1. The standard InChI is InChI=1S/C21H19F2N5O3S/c1-10-3-6-16-26(2)21(31)17-19(30)18(29)13(9-27(17)28(10)16)20-25-24-15(32-20)7-11-4-5-12(22)8-14(11)23/h4-5,8-10,16,30H,3,6-7H2,1-2H3/t10-,16+/m1/s1. The van der Waals surface area contributed by atoms with E-state index in [1.54, 1.807) is 11.7 Å². The number of rotatable bonds is 3. The molecule has 4 heterocycles. The second-order valence-electron chi connectivity index (χ2n) is 8.03. The first-order valence-corrected chi connectivity index (χ1v) is 10.9. The van der Waals surface area contributed by atoms with E-state index < -0.39 is 28.7 Å². The molecule has 0 aliphatic carbocycles. The summed E-state index contributed by atoms with van der Waals surface area (Å²) in [6.07, 6.45) is 3.05. The number of aromatic hydroxyl groups is 1. The number of carbonyl (C=O) groups is 1. The largest absolute Gasteiger partial charge is 0.502 e. The van der Waals surface area contributed by atoms with E-state index in [-0.39, 0.29) is 40.5 Å². The molecule has 11 heteroatoms. The van der Waals surface area contributed by atoms with E-state index in [9.17, 15) is 23.5 Å². The number of fused-ring (bicyclic) bond motifs is 3. The molecule has 3 aromatic rings. The molecule has 2 aliphatic heterocycles. The maximum Gasteiger partial charge on any atom is 0.277 e. The zero-order chi connectivity index (χ0) is 22.7. The van der Waals surface area contributed by atoms with Crippen LogP contribution in [0.5, 0.6) is 5.75 Å². The predicted octanol–water partition coefficient (Wildman–Crippen LogP) is 2.47. The average molecular weight is 459 g/mol. The Balaban J connectivity index is 1.57. The fraction of sp³-hybridized carbons (Fsp3) is 0.333. The average Bonchev–Trinajstić information content (AvgIpc) is 3.37. The number of amides is 1. The van der Waals surface area contributed by atoms with Crippen molar-refractivity contribution in [3.8, 4) is 16.3 Å². The van der Waals surface area contributed by atoms with Gasteiger partial charge in [-0.15, -0.1) is 10.2 Å². The lowest BCUT2D eigenvalue weighted by Gasteiger charge is -2.43. The minimum absolute atomic E-state index is 0.0793. The summed E-state index contributed by atoms with van der Waals surface area (Å²) in [5.74, 6) is -2.43. The van der Waals surface area contributed by atoms with Crippen molar-refractivity contribution >= 4 is 17.2 Å². The first-order chi connectivity index (χ1) is 15.3. The van der Waals surface area contributed by atoms with Crippen LogP contribution in [0.25, 0.3) is 10.6 Å². The Labute approximate surface area is 185 Å². The van der Waals surface area contributed by atoms with E-state index >= 15 is 0 Å². The number of carbonyl (C=O) groups excluding carboxylic acids is 1. The minimum Gasteiger partial charge on any atom is -0.502 e. The van der Waals surface area contributed by atoms with Crippen molar-refractivity contribution in [1.29, 1.82) is 0 Å². The van der Waals surface area contributed by atoms with Gasteiger partial charge < -0.3 is 10.0 Å². The Bertz CT molecular complexity index is 1310. The highest BCUT2D eigenvalue weighted by atomic mass is 32.1. The molecule has 0 unspecified atom stereocenters. The van der Waals surface area contributed by atoms with Crippen molar-refractivity contribution in [2.45, 2.75) is 38.4 Å². The van der Waals surface area contributed by atoms with Gasteiger partial charge in [-0.3, -0.25) is 19.3 Å². The molecular weight excluding hydrogens is 440 g/mol. The molecule has 0 saturated carbocycles. The van der Waals surface area contributed by atoms with E-state index in [1.165, 1.54) is 17.2 Å². The highest BCUT2D eigenvalue weighted by molar-refractivity contribution is 7.14. The Kier molecular flexibility index (Phi) is 4.73. The monoisotopic (exact) mass is 459 g/mol. The Morgan fingerprint density at radius 1 is 1.22 bits per heavy atom. The number of aromatic nitrogens is 3. The molecule has 0 spiro atoms. The molecule has 1 saturated heterocycles. The summed E-state index contributed by atoms with van der Waals surface area (Å²) < 4.78 is 28.7. The fourth-order valence-corrected chi connectivity index (χ4v) is 5.23. The van der Waals surface area contributed by atoms with Gasteiger partial charge in [0.2, 0.25) is 5.43 Å². The number of hydrogen-bond donors (Lipinski definition) is 1. The lowest BCUT2D eigenvalue weighted by atomic mass is 10.1. The summed E-state index contributed by atoms with van der Waals surface area (Å²) in [6.45, 7) is 2.02. The molecule has 32 heavy (non-hydrogen) atoms. The molecule has 166 valence electrons. The van der Waals surface area contributed by atoms with Crippen molar-refractivity contribution in [3.63, 3.8) is 0 Å². The third kappa shape index (κ3) is 3.07. The van der Waals surface area contributed by atoms with Gasteiger partial charge in [-0.05, 0) is 31.4 Å². The molecule has 1 N–H and O–H groups in total. The van der Waals surface area contributed by atoms with Gasteiger partial charge in [0.25, 0.3) is 5.91 Å². The summed E-state index contributed by atoms with van der Waals surface area (Å²) in [5, 5.41) is 21.4. The van der Waals surface area contributed by atoms with Crippen molar-refractivity contribution in [2.75, 3.05) is 12.1 Å². The maximum atomic E-state index is 14.0. The molecule has 2 atom stereocenters. The van der Waals surface area contributed by atoms with Crippen LogP contribution < -0.4 is 10.4 Å². The molecular formula is C21H19F2N5O3S. The zero-order valence-corrected chi connectivity index (χ0v) is 18.1. The molecule has 8 nitrogen and oxygen atoms in total. The van der Waals surface area contributed by atoms with Crippen LogP contribution in [0.4, 0.5) is 8.78 Å². The van der Waals surface area contributed by atoms with Crippen LogP contribution in [-0.4, -0.2) is 50.0 Å². The van der Waals surface area contributed by atoms with E-state index in [2.05, 4.69) is 10.2 Å². The van der Waals surface area contributed by atoms with Gasteiger partial charge in [0.05, 0.1) is 5.56 Å². The maximum absolute atomic E-state index is 14.0. The number of nitrogens with zero attached hydrogens (tertiary/aromatic N) is 5. The van der Waals surface area contributed by atoms with Gasteiger partial charge in [0.1, 0.15) is 22.8 Å². The Hall–Kier alpha value is -3.34. The summed E-state index contributed by atoms with van der Waals surface area (Å²) in [6, 6.07) is 3.39. The summed E-state index contributed by atoms with van der Waals surface area (Å²) in [5.41, 5.74) is -0.449. The van der Waals surface area contributed by atoms with Crippen LogP contribution in [0, 0.1) is 11.6 Å². The van der Waals surface area contributed by atoms with Crippen LogP contribution >= 0.6 is 11.3 Å². The lowest BCUT2D eigenvalue weighted by Crippen LogP contribution is -2.59. The van der Waals surface area contributed by atoms with Crippen molar-refractivity contribution < 1.29 is 18.7 Å². The summed E-state index contributed by atoms with van der Waals surface area (Å²) in [4.78, 5) is 27.3. The van der Waals surface area contributed by atoms with E-state index in [1.807, 2.05) is 11.9 Å². The van der Waals surface area contributed by atoms with E-state index in [0.717, 1.165) is 36.3 Å². The zero-order valence-electron chi connectivity index (χ0n) is 17.2. The highest BCUT2D eigenvalue weighted by Crippen LogP contribution is 2.34. The summed E-state index contributed by atoms with van der Waals surface area (Å²) in [7, 11) is 1.66. The third-order valence-electron chi connectivity index (χ3n) is 6.04. The third-order valence-corrected chi connectivity index (χ3v) is 6.99. The summed E-state index contributed by atoms with van der Waals surface area (Å²) >= 11 is 1.07. The molecule has 0 radical (unpaired) electrons. The van der Waals surface area contributed by atoms with Gasteiger partial charge in [0, 0.05) is 31.8 Å². The fourth-order valence-electron chi connectivity index (χ4n) is 4.36. The molecule has 1 aromatic carbocycles. The van der Waals surface area contributed by atoms with Gasteiger partial charge in [0.15, 0.2) is 16.5 Å². The van der Waals surface area contributed by atoms with Crippen LogP contribution in [-0.2, 0) is 6.42 Å². The van der Waals surface area contributed by atoms with Gasteiger partial charge in [-0.2, -0.15) is 0 Å². The first kappa shape index (κ1) is 20.6. The van der Waals surface area contributed by atoms with Crippen LogP contribution in [0.3, 0.4) is 0 Å². The topological polar surface area (TPSA) is 91.6 Å². The normalized spacial score (nSPS) is 19.9. The molecule has 5 rings (SSSR count). The molecule has 2 aliphatic rings. The molecule has 2 aromatic heterocycles. The van der Waals surface area contributed by atoms with Crippen LogP contribution in [0.2, 0.25) is 0 Å². The number of hydrogen-bond acceptors (Lipinski definition) is 7. The van der Waals surface area contributed by atoms with E-state index in [0.29, 0.717) is 5.01 Å². The molecule has 1 amide bonds. The van der Waals surface area contributed by atoms with Crippen molar-refractivity contribution in [2.24, 2.45) is 0 Å². The second kappa shape index (κ2) is 7.37. The van der Waals surface area contributed by atoms with Crippen molar-refractivity contribution in [1.82, 2.24) is 19.8 Å².